The number of aromatic nitrogens is 1. The number of anilines is 1. The van der Waals surface area contributed by atoms with Gasteiger partial charge in [0.05, 0.1) is 35.6 Å². The highest BCUT2D eigenvalue weighted by atomic mass is 16.3. The van der Waals surface area contributed by atoms with E-state index in [1.807, 2.05) is 24.0 Å². The van der Waals surface area contributed by atoms with Crippen molar-refractivity contribution >= 4 is 11.7 Å². The van der Waals surface area contributed by atoms with Gasteiger partial charge in [-0.25, -0.2) is 4.98 Å². The molecule has 0 aliphatic carbocycles. The Morgan fingerprint density at radius 1 is 1.29 bits per heavy atom. The van der Waals surface area contributed by atoms with Crippen molar-refractivity contribution in [3.63, 3.8) is 0 Å². The Morgan fingerprint density at radius 3 is 2.68 bits per heavy atom. The Hall–Kier alpha value is -3.53. The number of nitrogens with zero attached hydrogens (tertiary/aromatic N) is 4. The third-order valence-corrected chi connectivity index (χ3v) is 5.81. The number of hydrogen-bond acceptors (Lipinski definition) is 6. The van der Waals surface area contributed by atoms with Crippen LogP contribution >= 0.6 is 0 Å². The molecule has 0 spiro atoms. The number of amides is 1. The normalized spacial score (nSPS) is 16.6. The number of nitriles is 1. The van der Waals surface area contributed by atoms with Crippen molar-refractivity contribution in [1.29, 1.82) is 5.26 Å². The summed E-state index contributed by atoms with van der Waals surface area (Å²) in [6, 6.07) is 7.79. The average molecular weight is 418 g/mol. The summed E-state index contributed by atoms with van der Waals surface area (Å²) in [5, 5.41) is 9.85. The summed E-state index contributed by atoms with van der Waals surface area (Å²) in [6.07, 6.45) is 4.84. The largest absolute Gasteiger partial charge is 0.472 e. The first-order valence-electron chi connectivity index (χ1n) is 10.5. The molecule has 31 heavy (non-hydrogen) atoms. The smallest absolute Gasteiger partial charge is 0.257 e. The monoisotopic (exact) mass is 418 g/mol. The van der Waals surface area contributed by atoms with E-state index in [2.05, 4.69) is 24.8 Å². The van der Waals surface area contributed by atoms with Gasteiger partial charge in [-0.2, -0.15) is 5.26 Å². The van der Waals surface area contributed by atoms with E-state index >= 15 is 0 Å². The number of furan rings is 2. The summed E-state index contributed by atoms with van der Waals surface area (Å²) in [4.78, 5) is 21.9. The van der Waals surface area contributed by atoms with Crippen molar-refractivity contribution in [2.24, 2.45) is 0 Å². The quantitative estimate of drug-likeness (QED) is 0.616. The molecule has 7 nitrogen and oxygen atoms in total. The Labute approximate surface area is 181 Å². The zero-order valence-corrected chi connectivity index (χ0v) is 18.3. The molecule has 0 aromatic carbocycles. The molecule has 0 N–H and O–H groups in total. The summed E-state index contributed by atoms with van der Waals surface area (Å²) in [5.74, 6) is 1.46. The number of carbonyl (C=O) groups excluding carboxylic acids is 1. The summed E-state index contributed by atoms with van der Waals surface area (Å²) in [6.45, 7) is 9.77. The molecular weight excluding hydrogens is 392 g/mol. The van der Waals surface area contributed by atoms with Crippen LogP contribution in [0.1, 0.15) is 54.1 Å². The van der Waals surface area contributed by atoms with Crippen LogP contribution in [-0.4, -0.2) is 41.5 Å². The number of pyridine rings is 1. The van der Waals surface area contributed by atoms with Crippen LogP contribution in [0.2, 0.25) is 0 Å². The second-order valence-corrected chi connectivity index (χ2v) is 8.25. The molecule has 1 saturated heterocycles. The van der Waals surface area contributed by atoms with E-state index in [-0.39, 0.29) is 17.9 Å². The Kier molecular flexibility index (Phi) is 5.55. The summed E-state index contributed by atoms with van der Waals surface area (Å²) < 4.78 is 10.5. The topological polar surface area (TPSA) is 86.5 Å². The van der Waals surface area contributed by atoms with E-state index in [9.17, 15) is 10.1 Å². The molecule has 1 aliphatic rings. The third-order valence-electron chi connectivity index (χ3n) is 5.81. The molecular formula is C24H26N4O3. The van der Waals surface area contributed by atoms with E-state index in [4.69, 9.17) is 13.8 Å². The molecule has 1 fully saturated rings. The summed E-state index contributed by atoms with van der Waals surface area (Å²) >= 11 is 0. The minimum Gasteiger partial charge on any atom is -0.472 e. The van der Waals surface area contributed by atoms with Crippen LogP contribution < -0.4 is 4.90 Å². The van der Waals surface area contributed by atoms with Crippen LogP contribution in [0.15, 0.2) is 45.8 Å². The lowest BCUT2D eigenvalue weighted by Gasteiger charge is -2.40. The molecule has 1 aliphatic heterocycles. The minimum absolute atomic E-state index is 0.0231. The maximum atomic E-state index is 12.9. The summed E-state index contributed by atoms with van der Waals surface area (Å²) in [5.41, 5.74) is 3.89. The first-order chi connectivity index (χ1) is 14.9. The molecule has 0 saturated carbocycles. The van der Waals surface area contributed by atoms with Gasteiger partial charge in [0.15, 0.2) is 0 Å². The van der Waals surface area contributed by atoms with Gasteiger partial charge in [-0.15, -0.1) is 0 Å². The van der Waals surface area contributed by atoms with E-state index in [0.717, 1.165) is 16.8 Å². The van der Waals surface area contributed by atoms with Gasteiger partial charge in [0.25, 0.3) is 5.91 Å². The second-order valence-electron chi connectivity index (χ2n) is 8.25. The van der Waals surface area contributed by atoms with Gasteiger partial charge in [-0.1, -0.05) is 13.8 Å². The Bertz CT molecular complexity index is 1120. The van der Waals surface area contributed by atoms with Gasteiger partial charge >= 0.3 is 0 Å². The van der Waals surface area contributed by atoms with Crippen molar-refractivity contribution in [1.82, 2.24) is 9.88 Å². The first kappa shape index (κ1) is 20.7. The van der Waals surface area contributed by atoms with Crippen LogP contribution in [0.3, 0.4) is 0 Å². The second kappa shape index (κ2) is 8.31. The third kappa shape index (κ3) is 3.81. The number of piperazine rings is 1. The highest BCUT2D eigenvalue weighted by Gasteiger charge is 2.31. The number of carbonyl (C=O) groups is 1. The standard InChI is InChI=1S/C24H26N4O3/c1-15(2)22-21(18-5-9-30-14-18)11-19(12-25)23(26-22)27-7-8-28(16(3)13-27)24(29)20-6-10-31-17(20)4/h5-6,9-11,14-16H,7-8,13H2,1-4H3/t16-/m1/s1. The van der Waals surface area contributed by atoms with Crippen molar-refractivity contribution in [2.45, 2.75) is 39.7 Å². The maximum absolute atomic E-state index is 12.9. The van der Waals surface area contributed by atoms with Crippen LogP contribution in [0, 0.1) is 18.3 Å². The molecule has 4 rings (SSSR count). The fraction of sp³-hybridized carbons (Fsp3) is 0.375. The van der Waals surface area contributed by atoms with Crippen LogP contribution in [0.25, 0.3) is 11.1 Å². The predicted molar refractivity (Wildman–Crippen MR) is 117 cm³/mol. The predicted octanol–water partition coefficient (Wildman–Crippen LogP) is 4.59. The minimum atomic E-state index is -0.0278. The maximum Gasteiger partial charge on any atom is 0.257 e. The first-order valence-corrected chi connectivity index (χ1v) is 10.5. The zero-order valence-electron chi connectivity index (χ0n) is 18.3. The van der Waals surface area contributed by atoms with E-state index < -0.39 is 0 Å². The van der Waals surface area contributed by atoms with Crippen molar-refractivity contribution in [3.05, 3.63) is 59.6 Å². The molecule has 160 valence electrons. The van der Waals surface area contributed by atoms with Crippen molar-refractivity contribution < 1.29 is 13.6 Å². The molecule has 4 heterocycles. The SMILES string of the molecule is Cc1occc1C(=O)N1CCN(c2nc(C(C)C)c(-c3ccoc3)cc2C#N)C[C@H]1C. The average Bonchev–Trinajstić information content (AvgIpc) is 3.44. The van der Waals surface area contributed by atoms with Gasteiger partial charge in [0.1, 0.15) is 17.6 Å². The van der Waals surface area contributed by atoms with Crippen molar-refractivity contribution in [2.75, 3.05) is 24.5 Å². The number of hydrogen-bond donors (Lipinski definition) is 0. The van der Waals surface area contributed by atoms with Crippen molar-refractivity contribution in [3.8, 4) is 17.2 Å². The van der Waals surface area contributed by atoms with Crippen LogP contribution in [0.5, 0.6) is 0 Å². The van der Waals surface area contributed by atoms with Gasteiger partial charge < -0.3 is 18.6 Å². The van der Waals surface area contributed by atoms with E-state index in [1.54, 1.807) is 31.8 Å². The van der Waals surface area contributed by atoms with Gasteiger partial charge in [0, 0.05) is 36.8 Å². The fourth-order valence-electron chi connectivity index (χ4n) is 4.14. The number of rotatable bonds is 4. The molecule has 0 unspecified atom stereocenters. The highest BCUT2D eigenvalue weighted by Crippen LogP contribution is 2.33. The van der Waals surface area contributed by atoms with Crippen LogP contribution in [-0.2, 0) is 0 Å². The lowest BCUT2D eigenvalue weighted by Crippen LogP contribution is -2.54. The lowest BCUT2D eigenvalue weighted by molar-refractivity contribution is 0.0672. The summed E-state index contributed by atoms with van der Waals surface area (Å²) in [7, 11) is 0. The van der Waals surface area contributed by atoms with E-state index in [1.165, 1.54) is 0 Å². The lowest BCUT2D eigenvalue weighted by atomic mass is 9.97. The van der Waals surface area contributed by atoms with E-state index in [0.29, 0.717) is 42.3 Å². The highest BCUT2D eigenvalue weighted by molar-refractivity contribution is 5.95. The molecule has 1 amide bonds. The van der Waals surface area contributed by atoms with Crippen LogP contribution in [0.4, 0.5) is 5.82 Å². The van der Waals surface area contributed by atoms with Gasteiger partial charge in [-0.3, -0.25) is 4.79 Å². The molecule has 3 aromatic rings. The Morgan fingerprint density at radius 2 is 2.10 bits per heavy atom. The Balaban J connectivity index is 1.63. The van der Waals surface area contributed by atoms with Gasteiger partial charge in [-0.05, 0) is 38.0 Å². The molecule has 3 aromatic heterocycles. The fourth-order valence-corrected chi connectivity index (χ4v) is 4.14. The van der Waals surface area contributed by atoms with Gasteiger partial charge in [0.2, 0.25) is 0 Å². The molecule has 1 atom stereocenters. The molecule has 0 radical (unpaired) electrons. The number of aryl methyl sites for hydroxylation is 1. The molecule has 7 heteroatoms. The zero-order chi connectivity index (χ0) is 22.1. The molecule has 0 bridgehead atoms.